The maximum Gasteiger partial charge on any atom is 0.238 e. The average molecular weight is 406 g/mol. The Bertz CT molecular complexity index is 743. The number of carbonyl (C=O) groups is 1. The molecule has 0 aliphatic carbocycles. The van der Waals surface area contributed by atoms with E-state index in [1.54, 1.807) is 12.1 Å². The summed E-state index contributed by atoms with van der Waals surface area (Å²) in [6, 6.07) is 12.3. The van der Waals surface area contributed by atoms with Crippen LogP contribution in [0.25, 0.3) is 0 Å². The molecule has 1 fully saturated rings. The van der Waals surface area contributed by atoms with Crippen molar-refractivity contribution in [3.8, 4) is 0 Å². The second-order valence-corrected chi connectivity index (χ2v) is 7.11. The van der Waals surface area contributed by atoms with E-state index in [0.717, 1.165) is 47.6 Å². The standard InChI is InChI=1S/C19H21BrFN3O/c1-14-12-16(4-7-18(14)20)22-19(25)13-23-8-10-24(11-9-23)17-5-2-15(21)3-6-17/h2-7,12H,8-11,13H2,1H3,(H,22,25). The Kier molecular flexibility index (Phi) is 5.71. The van der Waals surface area contributed by atoms with Crippen molar-refractivity contribution in [2.75, 3.05) is 42.9 Å². The Morgan fingerprint density at radius 3 is 2.44 bits per heavy atom. The van der Waals surface area contributed by atoms with E-state index < -0.39 is 0 Å². The van der Waals surface area contributed by atoms with Crippen molar-refractivity contribution in [1.29, 1.82) is 0 Å². The molecule has 2 aromatic carbocycles. The number of hydrogen-bond donors (Lipinski definition) is 1. The fraction of sp³-hybridized carbons (Fsp3) is 0.316. The summed E-state index contributed by atoms with van der Waals surface area (Å²) in [7, 11) is 0. The summed E-state index contributed by atoms with van der Waals surface area (Å²) in [4.78, 5) is 16.6. The molecule has 1 aliphatic rings. The van der Waals surface area contributed by atoms with E-state index >= 15 is 0 Å². The second-order valence-electron chi connectivity index (χ2n) is 6.25. The molecule has 0 atom stereocenters. The van der Waals surface area contributed by atoms with Crippen molar-refractivity contribution in [2.45, 2.75) is 6.92 Å². The van der Waals surface area contributed by atoms with E-state index in [1.165, 1.54) is 12.1 Å². The van der Waals surface area contributed by atoms with E-state index in [4.69, 9.17) is 0 Å². The Morgan fingerprint density at radius 2 is 1.80 bits per heavy atom. The molecule has 1 heterocycles. The maximum absolute atomic E-state index is 13.0. The predicted octanol–water partition coefficient (Wildman–Crippen LogP) is 3.66. The molecule has 4 nitrogen and oxygen atoms in total. The number of anilines is 2. The molecular formula is C19H21BrFN3O. The van der Waals surface area contributed by atoms with Gasteiger partial charge in [-0.2, -0.15) is 0 Å². The van der Waals surface area contributed by atoms with Gasteiger partial charge in [0.05, 0.1) is 6.54 Å². The molecule has 0 saturated carbocycles. The molecule has 1 aliphatic heterocycles. The Balaban J connectivity index is 1.49. The van der Waals surface area contributed by atoms with Crippen LogP contribution >= 0.6 is 15.9 Å². The van der Waals surface area contributed by atoms with Crippen molar-refractivity contribution in [2.24, 2.45) is 0 Å². The van der Waals surface area contributed by atoms with Crippen LogP contribution in [0.1, 0.15) is 5.56 Å². The Morgan fingerprint density at radius 1 is 1.12 bits per heavy atom. The highest BCUT2D eigenvalue weighted by Gasteiger charge is 2.19. The van der Waals surface area contributed by atoms with Crippen molar-refractivity contribution in [1.82, 2.24) is 4.90 Å². The van der Waals surface area contributed by atoms with E-state index in [9.17, 15) is 9.18 Å². The Labute approximate surface area is 155 Å². The summed E-state index contributed by atoms with van der Waals surface area (Å²) < 4.78 is 14.0. The number of piperazine rings is 1. The van der Waals surface area contributed by atoms with Crippen LogP contribution in [-0.4, -0.2) is 43.5 Å². The first-order chi connectivity index (χ1) is 12.0. The molecule has 2 aromatic rings. The summed E-state index contributed by atoms with van der Waals surface area (Å²) in [6.45, 7) is 5.65. The van der Waals surface area contributed by atoms with Crippen molar-refractivity contribution < 1.29 is 9.18 Å². The number of nitrogens with zero attached hydrogens (tertiary/aromatic N) is 2. The van der Waals surface area contributed by atoms with E-state index in [-0.39, 0.29) is 11.7 Å². The molecule has 1 saturated heterocycles. The molecule has 25 heavy (non-hydrogen) atoms. The van der Waals surface area contributed by atoms with Crippen molar-refractivity contribution in [3.63, 3.8) is 0 Å². The third-order valence-electron chi connectivity index (χ3n) is 4.37. The van der Waals surface area contributed by atoms with Gasteiger partial charge >= 0.3 is 0 Å². The number of halogens is 2. The zero-order valence-corrected chi connectivity index (χ0v) is 15.7. The molecule has 132 valence electrons. The minimum atomic E-state index is -0.220. The van der Waals surface area contributed by atoms with Gasteiger partial charge in [-0.15, -0.1) is 0 Å². The first-order valence-corrected chi connectivity index (χ1v) is 9.09. The van der Waals surface area contributed by atoms with E-state index in [2.05, 4.69) is 31.0 Å². The largest absolute Gasteiger partial charge is 0.369 e. The number of hydrogen-bond acceptors (Lipinski definition) is 3. The van der Waals surface area contributed by atoms with Crippen LogP contribution in [0.5, 0.6) is 0 Å². The number of aryl methyl sites for hydroxylation is 1. The van der Waals surface area contributed by atoms with Crippen LogP contribution in [0.15, 0.2) is 46.9 Å². The Hall–Kier alpha value is -1.92. The monoisotopic (exact) mass is 405 g/mol. The van der Waals surface area contributed by atoms with Crippen LogP contribution in [-0.2, 0) is 4.79 Å². The highest BCUT2D eigenvalue weighted by molar-refractivity contribution is 9.10. The zero-order chi connectivity index (χ0) is 17.8. The lowest BCUT2D eigenvalue weighted by atomic mass is 10.2. The summed E-state index contributed by atoms with van der Waals surface area (Å²) >= 11 is 3.46. The third-order valence-corrected chi connectivity index (χ3v) is 5.26. The quantitative estimate of drug-likeness (QED) is 0.842. The summed E-state index contributed by atoms with van der Waals surface area (Å²) in [6.07, 6.45) is 0. The number of rotatable bonds is 4. The number of carbonyl (C=O) groups excluding carboxylic acids is 1. The average Bonchev–Trinajstić information content (AvgIpc) is 2.60. The highest BCUT2D eigenvalue weighted by Crippen LogP contribution is 2.20. The lowest BCUT2D eigenvalue weighted by molar-refractivity contribution is -0.117. The molecule has 0 aromatic heterocycles. The van der Waals surface area contributed by atoms with Crippen LogP contribution in [0, 0.1) is 12.7 Å². The topological polar surface area (TPSA) is 35.6 Å². The van der Waals surface area contributed by atoms with E-state index in [0.29, 0.717) is 6.54 Å². The molecule has 0 bridgehead atoms. The smallest absolute Gasteiger partial charge is 0.238 e. The molecule has 0 spiro atoms. The van der Waals surface area contributed by atoms with Crippen LogP contribution in [0.4, 0.5) is 15.8 Å². The lowest BCUT2D eigenvalue weighted by Crippen LogP contribution is -2.48. The van der Waals surface area contributed by atoms with Crippen LogP contribution in [0.2, 0.25) is 0 Å². The fourth-order valence-electron chi connectivity index (χ4n) is 2.94. The molecule has 6 heteroatoms. The van der Waals surface area contributed by atoms with Gasteiger partial charge < -0.3 is 10.2 Å². The fourth-order valence-corrected chi connectivity index (χ4v) is 3.19. The minimum absolute atomic E-state index is 0.00282. The first-order valence-electron chi connectivity index (χ1n) is 8.30. The summed E-state index contributed by atoms with van der Waals surface area (Å²) in [5.41, 5.74) is 2.93. The number of amides is 1. The van der Waals surface area contributed by atoms with Gasteiger partial charge in [0.2, 0.25) is 5.91 Å². The molecule has 3 rings (SSSR count). The normalized spacial score (nSPS) is 15.2. The van der Waals surface area contributed by atoms with Crippen molar-refractivity contribution >= 4 is 33.2 Å². The molecule has 1 N–H and O–H groups in total. The molecule has 0 radical (unpaired) electrons. The van der Waals surface area contributed by atoms with E-state index in [1.807, 2.05) is 25.1 Å². The third kappa shape index (κ3) is 4.80. The summed E-state index contributed by atoms with van der Waals surface area (Å²) in [5.74, 6) is -0.223. The number of nitrogens with one attached hydrogen (secondary N) is 1. The molecular weight excluding hydrogens is 385 g/mol. The maximum atomic E-state index is 13.0. The van der Waals surface area contributed by atoms with Gasteiger partial charge in [-0.1, -0.05) is 15.9 Å². The first kappa shape index (κ1) is 17.9. The highest BCUT2D eigenvalue weighted by atomic mass is 79.9. The van der Waals surface area contributed by atoms with Gasteiger partial charge in [-0.05, 0) is 55.0 Å². The summed E-state index contributed by atoms with van der Waals surface area (Å²) in [5, 5.41) is 2.95. The van der Waals surface area contributed by atoms with Crippen LogP contribution < -0.4 is 10.2 Å². The molecule has 0 unspecified atom stereocenters. The lowest BCUT2D eigenvalue weighted by Gasteiger charge is -2.35. The minimum Gasteiger partial charge on any atom is -0.369 e. The SMILES string of the molecule is Cc1cc(NC(=O)CN2CCN(c3ccc(F)cc3)CC2)ccc1Br. The van der Waals surface area contributed by atoms with Gasteiger partial charge in [0.25, 0.3) is 0 Å². The van der Waals surface area contributed by atoms with Gasteiger partial charge in [-0.25, -0.2) is 4.39 Å². The van der Waals surface area contributed by atoms with Gasteiger partial charge in [0.1, 0.15) is 5.82 Å². The van der Waals surface area contributed by atoms with Gasteiger partial charge in [-0.3, -0.25) is 9.69 Å². The molecule has 1 amide bonds. The van der Waals surface area contributed by atoms with Crippen LogP contribution in [0.3, 0.4) is 0 Å². The second kappa shape index (κ2) is 7.97. The number of benzene rings is 2. The zero-order valence-electron chi connectivity index (χ0n) is 14.1. The van der Waals surface area contributed by atoms with Gasteiger partial charge in [0, 0.05) is 42.0 Å². The van der Waals surface area contributed by atoms with Crippen molar-refractivity contribution in [3.05, 3.63) is 58.3 Å². The predicted molar refractivity (Wildman–Crippen MR) is 103 cm³/mol. The van der Waals surface area contributed by atoms with Gasteiger partial charge in [0.15, 0.2) is 0 Å².